The Balaban J connectivity index is 1.45. The highest BCUT2D eigenvalue weighted by atomic mass is 16.5. The standard InChI is InChI=1S/C16H19N3O3/c1-2-13(8-17-5-1)21-11-15-14-9-19(12-4-7-20-10-12)6-3-16(14)22-18-15/h1-2,5,8,12H,3-4,6-7,9-11H2/t12-/m1/s1. The maximum Gasteiger partial charge on any atom is 0.142 e. The van der Waals surface area contributed by atoms with E-state index >= 15 is 0 Å². The Morgan fingerprint density at radius 3 is 3.23 bits per heavy atom. The molecule has 0 unspecified atom stereocenters. The van der Waals surface area contributed by atoms with Crippen LogP contribution in [0.25, 0.3) is 0 Å². The van der Waals surface area contributed by atoms with Crippen LogP contribution in [0.3, 0.4) is 0 Å². The van der Waals surface area contributed by atoms with E-state index in [1.165, 1.54) is 5.56 Å². The molecule has 2 aromatic heterocycles. The molecule has 0 amide bonds. The van der Waals surface area contributed by atoms with Crippen molar-refractivity contribution < 1.29 is 14.0 Å². The van der Waals surface area contributed by atoms with Crippen molar-refractivity contribution in [3.05, 3.63) is 41.5 Å². The molecule has 22 heavy (non-hydrogen) atoms. The third-order valence-electron chi connectivity index (χ3n) is 4.37. The Bertz CT molecular complexity index is 623. The highest BCUT2D eigenvalue weighted by molar-refractivity contribution is 5.26. The van der Waals surface area contributed by atoms with E-state index in [9.17, 15) is 0 Å². The number of fused-ring (bicyclic) bond motifs is 1. The van der Waals surface area contributed by atoms with Gasteiger partial charge < -0.3 is 14.0 Å². The minimum absolute atomic E-state index is 0.416. The second-order valence-corrected chi connectivity index (χ2v) is 5.75. The van der Waals surface area contributed by atoms with E-state index in [4.69, 9.17) is 14.0 Å². The Hall–Kier alpha value is -1.92. The van der Waals surface area contributed by atoms with Gasteiger partial charge in [-0.25, -0.2) is 0 Å². The molecule has 4 heterocycles. The van der Waals surface area contributed by atoms with Crippen LogP contribution >= 0.6 is 0 Å². The van der Waals surface area contributed by atoms with Gasteiger partial charge in [0.2, 0.25) is 0 Å². The second-order valence-electron chi connectivity index (χ2n) is 5.75. The minimum Gasteiger partial charge on any atom is -0.486 e. The Morgan fingerprint density at radius 1 is 1.41 bits per heavy atom. The Labute approximate surface area is 129 Å². The van der Waals surface area contributed by atoms with Crippen LogP contribution in [0.2, 0.25) is 0 Å². The smallest absolute Gasteiger partial charge is 0.142 e. The van der Waals surface area contributed by atoms with Crippen LogP contribution in [-0.4, -0.2) is 40.8 Å². The molecule has 6 heteroatoms. The summed E-state index contributed by atoms with van der Waals surface area (Å²) < 4.78 is 16.7. The summed E-state index contributed by atoms with van der Waals surface area (Å²) in [7, 11) is 0. The van der Waals surface area contributed by atoms with Crippen molar-refractivity contribution in [2.24, 2.45) is 0 Å². The molecule has 0 bridgehead atoms. The highest BCUT2D eigenvalue weighted by Crippen LogP contribution is 2.26. The first-order valence-electron chi connectivity index (χ1n) is 7.71. The topological polar surface area (TPSA) is 60.6 Å². The van der Waals surface area contributed by atoms with Gasteiger partial charge in [0.05, 0.1) is 12.8 Å². The summed E-state index contributed by atoms with van der Waals surface area (Å²) in [5.41, 5.74) is 2.07. The molecular weight excluding hydrogens is 282 g/mol. The summed E-state index contributed by atoms with van der Waals surface area (Å²) in [5.74, 6) is 1.75. The lowest BCUT2D eigenvalue weighted by Crippen LogP contribution is -2.39. The highest BCUT2D eigenvalue weighted by Gasteiger charge is 2.30. The van der Waals surface area contributed by atoms with E-state index in [1.807, 2.05) is 12.1 Å². The van der Waals surface area contributed by atoms with Crippen molar-refractivity contribution in [3.8, 4) is 5.75 Å². The zero-order valence-electron chi connectivity index (χ0n) is 12.4. The van der Waals surface area contributed by atoms with Crippen molar-refractivity contribution in [1.82, 2.24) is 15.0 Å². The molecule has 0 spiro atoms. The molecule has 0 N–H and O–H groups in total. The third-order valence-corrected chi connectivity index (χ3v) is 4.37. The van der Waals surface area contributed by atoms with E-state index in [1.54, 1.807) is 12.4 Å². The van der Waals surface area contributed by atoms with Gasteiger partial charge in [-0.3, -0.25) is 9.88 Å². The molecule has 6 nitrogen and oxygen atoms in total. The van der Waals surface area contributed by atoms with Gasteiger partial charge in [-0.15, -0.1) is 0 Å². The molecule has 2 aliphatic heterocycles. The van der Waals surface area contributed by atoms with Gasteiger partial charge in [-0.1, -0.05) is 5.16 Å². The van der Waals surface area contributed by atoms with E-state index in [0.717, 1.165) is 56.3 Å². The van der Waals surface area contributed by atoms with E-state index < -0.39 is 0 Å². The summed E-state index contributed by atoms with van der Waals surface area (Å²) in [5, 5.41) is 4.20. The Kier molecular flexibility index (Phi) is 3.78. The fraction of sp³-hybridized carbons (Fsp3) is 0.500. The third kappa shape index (κ3) is 2.71. The van der Waals surface area contributed by atoms with Crippen molar-refractivity contribution in [3.63, 3.8) is 0 Å². The first-order valence-corrected chi connectivity index (χ1v) is 7.71. The van der Waals surface area contributed by atoms with Gasteiger partial charge in [0.25, 0.3) is 0 Å². The van der Waals surface area contributed by atoms with E-state index in [-0.39, 0.29) is 0 Å². The first kappa shape index (κ1) is 13.7. The largest absolute Gasteiger partial charge is 0.486 e. The molecule has 1 fully saturated rings. The molecule has 1 atom stereocenters. The van der Waals surface area contributed by atoms with Crippen LogP contribution in [-0.2, 0) is 24.3 Å². The number of hydrogen-bond acceptors (Lipinski definition) is 6. The zero-order chi connectivity index (χ0) is 14.8. The summed E-state index contributed by atoms with van der Waals surface area (Å²) in [4.78, 5) is 6.52. The van der Waals surface area contributed by atoms with Crippen molar-refractivity contribution in [1.29, 1.82) is 0 Å². The molecule has 4 rings (SSSR count). The van der Waals surface area contributed by atoms with Gasteiger partial charge in [0.1, 0.15) is 23.8 Å². The fourth-order valence-electron chi connectivity index (χ4n) is 3.10. The first-order chi connectivity index (χ1) is 10.9. The average Bonchev–Trinajstić information content (AvgIpc) is 3.23. The monoisotopic (exact) mass is 301 g/mol. The summed E-state index contributed by atoms with van der Waals surface area (Å²) in [6, 6.07) is 4.27. The van der Waals surface area contributed by atoms with Gasteiger partial charge in [0.15, 0.2) is 0 Å². The number of pyridine rings is 1. The minimum atomic E-state index is 0.416. The summed E-state index contributed by atoms with van der Waals surface area (Å²) in [6.45, 7) is 4.01. The van der Waals surface area contributed by atoms with Gasteiger partial charge in [0, 0.05) is 43.9 Å². The lowest BCUT2D eigenvalue weighted by Gasteiger charge is -2.30. The molecule has 0 aromatic carbocycles. The van der Waals surface area contributed by atoms with Crippen LogP contribution in [0.1, 0.15) is 23.4 Å². The van der Waals surface area contributed by atoms with Crippen LogP contribution in [0.5, 0.6) is 5.75 Å². The normalized spacial score (nSPS) is 21.7. The quantitative estimate of drug-likeness (QED) is 0.858. The lowest BCUT2D eigenvalue weighted by atomic mass is 10.0. The van der Waals surface area contributed by atoms with Crippen LogP contribution in [0.15, 0.2) is 29.0 Å². The molecular formula is C16H19N3O3. The predicted molar refractivity (Wildman–Crippen MR) is 78.4 cm³/mol. The van der Waals surface area contributed by atoms with Crippen LogP contribution in [0.4, 0.5) is 0 Å². The maximum atomic E-state index is 5.75. The molecule has 0 saturated carbocycles. The van der Waals surface area contributed by atoms with Gasteiger partial charge in [-0.2, -0.15) is 0 Å². The number of hydrogen-bond donors (Lipinski definition) is 0. The number of rotatable bonds is 4. The molecule has 0 radical (unpaired) electrons. The van der Waals surface area contributed by atoms with Crippen molar-refractivity contribution in [2.45, 2.75) is 32.0 Å². The molecule has 0 aliphatic carbocycles. The number of nitrogens with zero attached hydrogens (tertiary/aromatic N) is 3. The number of ether oxygens (including phenoxy) is 2. The van der Waals surface area contributed by atoms with Crippen molar-refractivity contribution in [2.75, 3.05) is 19.8 Å². The zero-order valence-corrected chi connectivity index (χ0v) is 12.4. The van der Waals surface area contributed by atoms with E-state index in [0.29, 0.717) is 12.6 Å². The SMILES string of the molecule is c1cncc(OCc2noc3c2CN([C@@H]2CCOC2)CC3)c1. The molecule has 2 aliphatic rings. The fourth-order valence-corrected chi connectivity index (χ4v) is 3.10. The van der Waals surface area contributed by atoms with Gasteiger partial charge >= 0.3 is 0 Å². The molecule has 116 valence electrons. The maximum absolute atomic E-state index is 5.75. The van der Waals surface area contributed by atoms with E-state index in [2.05, 4.69) is 15.0 Å². The summed E-state index contributed by atoms with van der Waals surface area (Å²) >= 11 is 0. The predicted octanol–water partition coefficient (Wildman–Crippen LogP) is 1.80. The van der Waals surface area contributed by atoms with Crippen LogP contribution in [0, 0.1) is 0 Å². The number of aromatic nitrogens is 2. The lowest BCUT2D eigenvalue weighted by molar-refractivity contribution is 0.131. The second kappa shape index (κ2) is 6.06. The summed E-state index contributed by atoms with van der Waals surface area (Å²) in [6.07, 6.45) is 5.45. The van der Waals surface area contributed by atoms with Crippen LogP contribution < -0.4 is 4.74 Å². The molecule has 1 saturated heterocycles. The Morgan fingerprint density at radius 2 is 2.41 bits per heavy atom. The van der Waals surface area contributed by atoms with Crippen molar-refractivity contribution >= 4 is 0 Å². The van der Waals surface area contributed by atoms with Gasteiger partial charge in [-0.05, 0) is 18.6 Å². The molecule has 2 aromatic rings. The average molecular weight is 301 g/mol.